The number of nitrogens with zero attached hydrogens (tertiary/aromatic N) is 4. The molecule has 3 aromatic rings. The van der Waals surface area contributed by atoms with Crippen LogP contribution in [0.25, 0.3) is 10.9 Å². The van der Waals surface area contributed by atoms with Gasteiger partial charge in [0.05, 0.1) is 5.52 Å². The molecule has 0 radical (unpaired) electrons. The maximum Gasteiger partial charge on any atom is 0.422 e. The number of Topliss-reactive ketones (excluding diaryl/α,β-unsaturated/α-hetero) is 1. The SMILES string of the molecule is Cn1cc2c(C(=O)CC3CCC(CCN4CCc5ccc(OCC(F)(F)F)nc5CC4)CC3)cccc2n1. The van der Waals surface area contributed by atoms with Crippen LogP contribution in [0.3, 0.4) is 0 Å². The van der Waals surface area contributed by atoms with Crippen LogP contribution in [0.2, 0.25) is 0 Å². The number of ketones is 1. The number of carbonyl (C=O) groups excluding carboxylic acids is 1. The number of rotatable bonds is 8. The molecule has 0 spiro atoms. The van der Waals surface area contributed by atoms with Crippen LogP contribution in [-0.4, -0.2) is 57.9 Å². The number of aromatic nitrogens is 3. The Morgan fingerprint density at radius 1 is 1.05 bits per heavy atom. The second-order valence-corrected chi connectivity index (χ2v) is 10.8. The minimum absolute atomic E-state index is 0.0434. The van der Waals surface area contributed by atoms with E-state index >= 15 is 0 Å². The van der Waals surface area contributed by atoms with Gasteiger partial charge >= 0.3 is 6.18 Å². The first-order valence-electron chi connectivity index (χ1n) is 13.6. The average Bonchev–Trinajstić information content (AvgIpc) is 3.16. The van der Waals surface area contributed by atoms with Crippen molar-refractivity contribution in [3.63, 3.8) is 0 Å². The lowest BCUT2D eigenvalue weighted by Gasteiger charge is -2.30. The number of pyridine rings is 1. The number of fused-ring (bicyclic) bond motifs is 2. The third-order valence-corrected chi connectivity index (χ3v) is 8.05. The zero-order valence-electron chi connectivity index (χ0n) is 21.8. The molecule has 2 aliphatic rings. The minimum atomic E-state index is -4.37. The summed E-state index contributed by atoms with van der Waals surface area (Å²) < 4.78 is 44.0. The number of hydrogen-bond donors (Lipinski definition) is 0. The molecule has 1 saturated carbocycles. The molecule has 0 saturated heterocycles. The second kappa shape index (κ2) is 11.4. The van der Waals surface area contributed by atoms with Crippen molar-refractivity contribution < 1.29 is 22.7 Å². The van der Waals surface area contributed by atoms with Crippen LogP contribution in [0.5, 0.6) is 5.88 Å². The predicted octanol–water partition coefficient (Wildman–Crippen LogP) is 5.78. The Labute approximate surface area is 221 Å². The van der Waals surface area contributed by atoms with Gasteiger partial charge in [0.15, 0.2) is 12.4 Å². The van der Waals surface area contributed by atoms with Crippen LogP contribution in [0, 0.1) is 11.8 Å². The van der Waals surface area contributed by atoms with Gasteiger partial charge in [-0.25, -0.2) is 4.98 Å². The van der Waals surface area contributed by atoms with E-state index in [1.165, 1.54) is 0 Å². The van der Waals surface area contributed by atoms with E-state index in [4.69, 9.17) is 4.74 Å². The molecule has 3 heterocycles. The highest BCUT2D eigenvalue weighted by molar-refractivity contribution is 6.07. The van der Waals surface area contributed by atoms with Gasteiger partial charge in [-0.1, -0.05) is 31.0 Å². The minimum Gasteiger partial charge on any atom is -0.468 e. The zero-order valence-corrected chi connectivity index (χ0v) is 21.8. The van der Waals surface area contributed by atoms with E-state index in [1.54, 1.807) is 10.7 Å². The molecule has 5 rings (SSSR count). The Balaban J connectivity index is 1.06. The number of aryl methyl sites for hydroxylation is 1. The van der Waals surface area contributed by atoms with Gasteiger partial charge in [-0.3, -0.25) is 9.48 Å². The highest BCUT2D eigenvalue weighted by Crippen LogP contribution is 2.34. The van der Waals surface area contributed by atoms with E-state index in [0.29, 0.717) is 18.3 Å². The summed E-state index contributed by atoms with van der Waals surface area (Å²) in [6, 6.07) is 9.18. The molecule has 204 valence electrons. The fourth-order valence-corrected chi connectivity index (χ4v) is 5.93. The fourth-order valence-electron chi connectivity index (χ4n) is 5.93. The maximum absolute atomic E-state index is 13.1. The summed E-state index contributed by atoms with van der Waals surface area (Å²) in [5.41, 5.74) is 3.59. The molecule has 1 aliphatic carbocycles. The monoisotopic (exact) mass is 528 g/mol. The average molecular weight is 529 g/mol. The van der Waals surface area contributed by atoms with Crippen molar-refractivity contribution in [3.05, 3.63) is 53.3 Å². The smallest absolute Gasteiger partial charge is 0.422 e. The Hall–Kier alpha value is -2.94. The molecule has 0 amide bonds. The number of alkyl halides is 3. The van der Waals surface area contributed by atoms with Gasteiger partial charge in [-0.15, -0.1) is 0 Å². The van der Waals surface area contributed by atoms with E-state index in [1.807, 2.05) is 37.5 Å². The number of carbonyl (C=O) groups is 1. The molecule has 0 bridgehead atoms. The van der Waals surface area contributed by atoms with Crippen LogP contribution < -0.4 is 4.74 Å². The Morgan fingerprint density at radius 3 is 2.61 bits per heavy atom. The van der Waals surface area contributed by atoms with Crippen LogP contribution in [0.4, 0.5) is 13.2 Å². The summed E-state index contributed by atoms with van der Waals surface area (Å²) in [6.07, 6.45) is 5.37. The predicted molar refractivity (Wildman–Crippen MR) is 139 cm³/mol. The van der Waals surface area contributed by atoms with Crippen molar-refractivity contribution in [2.75, 3.05) is 26.2 Å². The fraction of sp³-hybridized carbons (Fsp3) is 0.552. The van der Waals surface area contributed by atoms with E-state index in [9.17, 15) is 18.0 Å². The molecule has 0 N–H and O–H groups in total. The first-order valence-corrected chi connectivity index (χ1v) is 13.6. The lowest BCUT2D eigenvalue weighted by Crippen LogP contribution is -2.29. The Bertz CT molecular complexity index is 1260. The number of halogens is 3. The molecule has 2 aromatic heterocycles. The lowest BCUT2D eigenvalue weighted by molar-refractivity contribution is -0.154. The summed E-state index contributed by atoms with van der Waals surface area (Å²) in [7, 11) is 1.88. The van der Waals surface area contributed by atoms with Crippen molar-refractivity contribution in [1.82, 2.24) is 19.7 Å². The normalized spacial score (nSPS) is 20.7. The number of ether oxygens (including phenoxy) is 1. The van der Waals surface area contributed by atoms with Gasteiger partial charge in [0.25, 0.3) is 0 Å². The van der Waals surface area contributed by atoms with Crippen molar-refractivity contribution in [3.8, 4) is 5.88 Å². The molecule has 1 fully saturated rings. The van der Waals surface area contributed by atoms with Gasteiger partial charge < -0.3 is 9.64 Å². The lowest BCUT2D eigenvalue weighted by atomic mass is 9.78. The molecule has 0 atom stereocenters. The standard InChI is InChI=1S/C29H35F3N4O2/c1-35-18-24-23(3-2-4-26(24)34-35)27(37)17-21-7-5-20(6-8-21)11-14-36-15-12-22-9-10-28(33-25(22)13-16-36)38-19-29(30,31)32/h2-4,9-10,18,20-21H,5-8,11-17,19H2,1H3. The summed E-state index contributed by atoms with van der Waals surface area (Å²) >= 11 is 0. The topological polar surface area (TPSA) is 60.2 Å². The van der Waals surface area contributed by atoms with Crippen LogP contribution in [0.15, 0.2) is 36.5 Å². The van der Waals surface area contributed by atoms with Gasteiger partial charge in [0, 0.05) is 61.9 Å². The summed E-state index contributed by atoms with van der Waals surface area (Å²) in [5, 5.41) is 5.36. The molecule has 1 aromatic carbocycles. The van der Waals surface area contributed by atoms with Gasteiger partial charge in [0.2, 0.25) is 5.88 Å². The van der Waals surface area contributed by atoms with Gasteiger partial charge in [0.1, 0.15) is 0 Å². The van der Waals surface area contributed by atoms with E-state index in [-0.39, 0.29) is 11.7 Å². The Kier molecular flexibility index (Phi) is 8.02. The third-order valence-electron chi connectivity index (χ3n) is 8.05. The van der Waals surface area contributed by atoms with Gasteiger partial charge in [-0.05, 0) is 55.7 Å². The van der Waals surface area contributed by atoms with E-state index < -0.39 is 12.8 Å². The molecule has 1 aliphatic heterocycles. The highest BCUT2D eigenvalue weighted by atomic mass is 19.4. The first kappa shape index (κ1) is 26.7. The van der Waals surface area contributed by atoms with Crippen molar-refractivity contribution in [2.45, 2.75) is 57.5 Å². The molecular formula is C29H35F3N4O2. The van der Waals surface area contributed by atoms with Crippen LogP contribution in [0.1, 0.15) is 60.1 Å². The molecule has 38 heavy (non-hydrogen) atoms. The molecule has 0 unspecified atom stereocenters. The number of benzene rings is 1. The van der Waals surface area contributed by atoms with Crippen LogP contribution in [-0.2, 0) is 19.9 Å². The second-order valence-electron chi connectivity index (χ2n) is 10.8. The largest absolute Gasteiger partial charge is 0.468 e. The summed E-state index contributed by atoms with van der Waals surface area (Å²) in [4.78, 5) is 19.9. The third kappa shape index (κ3) is 6.73. The van der Waals surface area contributed by atoms with E-state index in [0.717, 1.165) is 92.3 Å². The van der Waals surface area contributed by atoms with Crippen molar-refractivity contribution >= 4 is 16.7 Å². The number of hydrogen-bond acceptors (Lipinski definition) is 5. The summed E-state index contributed by atoms with van der Waals surface area (Å²) in [6.45, 7) is 1.48. The maximum atomic E-state index is 13.1. The first-order chi connectivity index (χ1) is 18.2. The van der Waals surface area contributed by atoms with Crippen LogP contribution >= 0.6 is 0 Å². The highest BCUT2D eigenvalue weighted by Gasteiger charge is 2.29. The van der Waals surface area contributed by atoms with Crippen molar-refractivity contribution in [2.24, 2.45) is 18.9 Å². The quantitative estimate of drug-likeness (QED) is 0.347. The zero-order chi connectivity index (χ0) is 26.7. The molecular weight excluding hydrogens is 493 g/mol. The molecule has 6 nitrogen and oxygen atoms in total. The van der Waals surface area contributed by atoms with Gasteiger partial charge in [-0.2, -0.15) is 18.3 Å². The molecule has 9 heteroatoms. The van der Waals surface area contributed by atoms with Crippen molar-refractivity contribution in [1.29, 1.82) is 0 Å². The summed E-state index contributed by atoms with van der Waals surface area (Å²) in [5.74, 6) is 1.38. The van der Waals surface area contributed by atoms with E-state index in [2.05, 4.69) is 15.0 Å². The Morgan fingerprint density at radius 2 is 1.82 bits per heavy atom.